The molecule has 0 N–H and O–H groups in total. The molecule has 8 heteroatoms. The lowest BCUT2D eigenvalue weighted by atomic mass is 9.96. The first kappa shape index (κ1) is 16.8. The normalized spacial score (nSPS) is 18.4. The van der Waals surface area contributed by atoms with E-state index >= 15 is 0 Å². The van der Waals surface area contributed by atoms with Crippen LogP contribution in [0, 0.1) is 0 Å². The average Bonchev–Trinajstić information content (AvgIpc) is 3.15. The molecule has 2 aliphatic heterocycles. The highest BCUT2D eigenvalue weighted by molar-refractivity contribution is 5.67. The van der Waals surface area contributed by atoms with Crippen molar-refractivity contribution in [2.45, 2.75) is 24.9 Å². The molecule has 4 rings (SSSR count). The number of carbonyl (C=O) groups excluding carboxylic acids is 1. The lowest BCUT2D eigenvalue weighted by Crippen LogP contribution is -2.38. The first-order chi connectivity index (χ1) is 12.7. The molecular formula is C18H21N3O5. The molecule has 1 aromatic carbocycles. The standard InChI is InChI=1S/C18H21N3O5/c1-23-18(22)21-7-5-12(6-8-21)16-19-17(26-20-16)13-3-2-4-14(9-13)25-15-10-24-11-15/h2-4,9,12,15H,5-8,10-11H2,1H3. The fourth-order valence-electron chi connectivity index (χ4n) is 3.14. The number of likely N-dealkylation sites (tertiary alicyclic amines) is 1. The molecule has 2 aliphatic rings. The molecule has 0 atom stereocenters. The minimum Gasteiger partial charge on any atom is -0.486 e. The molecule has 0 saturated carbocycles. The van der Waals surface area contributed by atoms with Crippen molar-refractivity contribution in [3.05, 3.63) is 30.1 Å². The summed E-state index contributed by atoms with van der Waals surface area (Å²) in [6, 6.07) is 7.63. The number of methoxy groups -OCH3 is 1. The Morgan fingerprint density at radius 1 is 1.27 bits per heavy atom. The van der Waals surface area contributed by atoms with E-state index in [9.17, 15) is 4.79 Å². The van der Waals surface area contributed by atoms with Crippen LogP contribution in [0.2, 0.25) is 0 Å². The molecule has 0 unspecified atom stereocenters. The molecule has 0 bridgehead atoms. The summed E-state index contributed by atoms with van der Waals surface area (Å²) in [6.07, 6.45) is 1.41. The number of ether oxygens (including phenoxy) is 3. The van der Waals surface area contributed by atoms with Crippen LogP contribution in [0.3, 0.4) is 0 Å². The average molecular weight is 359 g/mol. The van der Waals surface area contributed by atoms with Gasteiger partial charge in [-0.2, -0.15) is 4.98 Å². The van der Waals surface area contributed by atoms with Crippen molar-refractivity contribution >= 4 is 6.09 Å². The Morgan fingerprint density at radius 3 is 2.77 bits per heavy atom. The summed E-state index contributed by atoms with van der Waals surface area (Å²) in [5.41, 5.74) is 0.827. The molecule has 138 valence electrons. The number of piperidine rings is 1. The van der Waals surface area contributed by atoms with E-state index in [2.05, 4.69) is 10.1 Å². The van der Waals surface area contributed by atoms with E-state index < -0.39 is 0 Å². The van der Waals surface area contributed by atoms with Crippen LogP contribution in [0.1, 0.15) is 24.6 Å². The van der Waals surface area contributed by atoms with Crippen LogP contribution in [0.25, 0.3) is 11.5 Å². The topological polar surface area (TPSA) is 86.9 Å². The summed E-state index contributed by atoms with van der Waals surface area (Å²) in [5.74, 6) is 2.11. The Labute approximate surface area is 151 Å². The third-order valence-electron chi connectivity index (χ3n) is 4.73. The van der Waals surface area contributed by atoms with E-state index in [0.717, 1.165) is 24.2 Å². The van der Waals surface area contributed by atoms with Gasteiger partial charge in [-0.1, -0.05) is 11.2 Å². The van der Waals surface area contributed by atoms with Crippen molar-refractivity contribution in [2.24, 2.45) is 0 Å². The maximum Gasteiger partial charge on any atom is 0.409 e. The number of rotatable bonds is 4. The summed E-state index contributed by atoms with van der Waals surface area (Å²) < 4.78 is 21.2. The first-order valence-electron chi connectivity index (χ1n) is 8.74. The van der Waals surface area contributed by atoms with Gasteiger partial charge in [0.2, 0.25) is 0 Å². The Hall–Kier alpha value is -2.61. The monoisotopic (exact) mass is 359 g/mol. The van der Waals surface area contributed by atoms with E-state index in [1.165, 1.54) is 7.11 Å². The molecular weight excluding hydrogens is 338 g/mol. The second-order valence-electron chi connectivity index (χ2n) is 6.49. The smallest absolute Gasteiger partial charge is 0.409 e. The van der Waals surface area contributed by atoms with Gasteiger partial charge in [-0.05, 0) is 31.0 Å². The van der Waals surface area contributed by atoms with Crippen LogP contribution in [0.4, 0.5) is 4.79 Å². The van der Waals surface area contributed by atoms with E-state index in [1.54, 1.807) is 4.90 Å². The molecule has 8 nitrogen and oxygen atoms in total. The fourth-order valence-corrected chi connectivity index (χ4v) is 3.14. The number of carbonyl (C=O) groups is 1. The van der Waals surface area contributed by atoms with Gasteiger partial charge in [0.15, 0.2) is 5.82 Å². The molecule has 0 spiro atoms. The summed E-state index contributed by atoms with van der Waals surface area (Å²) in [7, 11) is 1.40. The van der Waals surface area contributed by atoms with E-state index in [4.69, 9.17) is 18.7 Å². The van der Waals surface area contributed by atoms with Crippen molar-refractivity contribution in [1.82, 2.24) is 15.0 Å². The van der Waals surface area contributed by atoms with Gasteiger partial charge >= 0.3 is 6.09 Å². The number of hydrogen-bond donors (Lipinski definition) is 0. The molecule has 3 heterocycles. The van der Waals surface area contributed by atoms with Gasteiger partial charge < -0.3 is 23.6 Å². The minimum atomic E-state index is -0.286. The Balaban J connectivity index is 1.42. The largest absolute Gasteiger partial charge is 0.486 e. The van der Waals surface area contributed by atoms with Gasteiger partial charge in [0.1, 0.15) is 11.9 Å². The van der Waals surface area contributed by atoms with Crippen molar-refractivity contribution in [3.63, 3.8) is 0 Å². The zero-order valence-corrected chi connectivity index (χ0v) is 14.6. The predicted molar refractivity (Wildman–Crippen MR) is 90.9 cm³/mol. The van der Waals surface area contributed by atoms with E-state index in [-0.39, 0.29) is 18.1 Å². The number of hydrogen-bond acceptors (Lipinski definition) is 7. The predicted octanol–water partition coefficient (Wildman–Crippen LogP) is 2.46. The van der Waals surface area contributed by atoms with Gasteiger partial charge in [-0.15, -0.1) is 0 Å². The van der Waals surface area contributed by atoms with E-state index in [1.807, 2.05) is 24.3 Å². The Morgan fingerprint density at radius 2 is 2.08 bits per heavy atom. The van der Waals surface area contributed by atoms with Gasteiger partial charge in [0.25, 0.3) is 5.89 Å². The highest BCUT2D eigenvalue weighted by Gasteiger charge is 2.27. The van der Waals surface area contributed by atoms with Crippen LogP contribution in [0.15, 0.2) is 28.8 Å². The molecule has 0 radical (unpaired) electrons. The molecule has 26 heavy (non-hydrogen) atoms. The van der Waals surface area contributed by atoms with Crippen LogP contribution >= 0.6 is 0 Å². The molecule has 2 aromatic rings. The van der Waals surface area contributed by atoms with Crippen molar-refractivity contribution in [1.29, 1.82) is 0 Å². The number of amides is 1. The SMILES string of the molecule is COC(=O)N1CCC(c2noc(-c3cccc(OC4COC4)c3)n2)CC1. The minimum absolute atomic E-state index is 0.114. The summed E-state index contributed by atoms with van der Waals surface area (Å²) >= 11 is 0. The van der Waals surface area contributed by atoms with Crippen molar-refractivity contribution in [3.8, 4) is 17.2 Å². The van der Waals surface area contributed by atoms with Gasteiger partial charge in [0, 0.05) is 24.6 Å². The second kappa shape index (κ2) is 7.33. The molecule has 2 fully saturated rings. The van der Waals surface area contributed by atoms with Gasteiger partial charge in [-0.25, -0.2) is 4.79 Å². The second-order valence-corrected chi connectivity index (χ2v) is 6.49. The van der Waals surface area contributed by atoms with Gasteiger partial charge in [-0.3, -0.25) is 0 Å². The molecule has 1 amide bonds. The summed E-state index contributed by atoms with van der Waals surface area (Å²) in [5, 5.41) is 4.14. The lowest BCUT2D eigenvalue weighted by Gasteiger charge is -2.29. The molecule has 0 aliphatic carbocycles. The molecule has 2 saturated heterocycles. The number of benzene rings is 1. The molecule has 1 aromatic heterocycles. The van der Waals surface area contributed by atoms with Crippen molar-refractivity contribution < 1.29 is 23.5 Å². The number of aromatic nitrogens is 2. The zero-order chi connectivity index (χ0) is 17.9. The zero-order valence-electron chi connectivity index (χ0n) is 14.6. The van der Waals surface area contributed by atoms with Crippen LogP contribution in [-0.2, 0) is 9.47 Å². The summed E-state index contributed by atoms with van der Waals surface area (Å²) in [6.45, 7) is 2.51. The van der Waals surface area contributed by atoms with Crippen LogP contribution < -0.4 is 4.74 Å². The highest BCUT2D eigenvalue weighted by Crippen LogP contribution is 2.29. The Bertz CT molecular complexity index is 766. The van der Waals surface area contributed by atoms with Crippen molar-refractivity contribution in [2.75, 3.05) is 33.4 Å². The van der Waals surface area contributed by atoms with Gasteiger partial charge in [0.05, 0.1) is 20.3 Å². The Kier molecular flexibility index (Phi) is 4.75. The third kappa shape index (κ3) is 3.50. The maximum absolute atomic E-state index is 11.6. The van der Waals surface area contributed by atoms with E-state index in [0.29, 0.717) is 38.0 Å². The van der Waals surface area contributed by atoms with Crippen LogP contribution in [0.5, 0.6) is 5.75 Å². The lowest BCUT2D eigenvalue weighted by molar-refractivity contribution is -0.0796. The summed E-state index contributed by atoms with van der Waals surface area (Å²) in [4.78, 5) is 17.8. The highest BCUT2D eigenvalue weighted by atomic mass is 16.6. The van der Waals surface area contributed by atoms with Crippen LogP contribution in [-0.4, -0.2) is 60.7 Å². The third-order valence-corrected chi connectivity index (χ3v) is 4.73. The quantitative estimate of drug-likeness (QED) is 0.828. The maximum atomic E-state index is 11.6. The number of nitrogens with zero attached hydrogens (tertiary/aromatic N) is 3. The fraction of sp³-hybridized carbons (Fsp3) is 0.500. The first-order valence-corrected chi connectivity index (χ1v) is 8.74.